The number of nitrogens with one attached hydrogen (secondary N) is 1. The van der Waals surface area contributed by atoms with E-state index in [-0.39, 0.29) is 5.91 Å². The Hall–Kier alpha value is -1.83. The smallest absolute Gasteiger partial charge is 0.356 e. The molecule has 1 amide bonds. The Kier molecular flexibility index (Phi) is 4.78. The van der Waals surface area contributed by atoms with Crippen molar-refractivity contribution < 1.29 is 18.0 Å². The third-order valence-corrected chi connectivity index (χ3v) is 6.27. The molecule has 0 saturated carbocycles. The maximum absolute atomic E-state index is 13.3. The lowest BCUT2D eigenvalue weighted by Gasteiger charge is -2.40. The molecule has 4 rings (SSSR count). The first kappa shape index (κ1) is 18.5. The highest BCUT2D eigenvalue weighted by molar-refractivity contribution is 5.86. The van der Waals surface area contributed by atoms with Crippen LogP contribution in [-0.2, 0) is 11.0 Å². The van der Waals surface area contributed by atoms with Gasteiger partial charge in [0.15, 0.2) is 0 Å². The van der Waals surface area contributed by atoms with E-state index in [4.69, 9.17) is 0 Å². The number of anilines is 1. The maximum atomic E-state index is 13.3. The van der Waals surface area contributed by atoms with Crippen LogP contribution >= 0.6 is 0 Å². The van der Waals surface area contributed by atoms with Crippen LogP contribution in [0.4, 0.5) is 19.0 Å². The van der Waals surface area contributed by atoms with Crippen LogP contribution in [0.25, 0.3) is 0 Å². The SMILES string of the molecule is O=C1N(C2CCNCC2)CCC12CCCN(c1ccc(C(F)(F)F)cn1)C2. The van der Waals surface area contributed by atoms with Crippen molar-refractivity contribution in [1.29, 1.82) is 0 Å². The van der Waals surface area contributed by atoms with E-state index in [1.54, 1.807) is 0 Å². The van der Waals surface area contributed by atoms with Crippen molar-refractivity contribution in [3.05, 3.63) is 23.9 Å². The minimum atomic E-state index is -4.38. The molecular formula is C19H25F3N4O. The van der Waals surface area contributed by atoms with Crippen LogP contribution in [0.2, 0.25) is 0 Å². The van der Waals surface area contributed by atoms with Crippen molar-refractivity contribution in [1.82, 2.24) is 15.2 Å². The standard InChI is InChI=1S/C19H25F3N4O/c20-19(21,22)14-2-3-16(24-12-14)25-10-1-6-18(13-25)7-11-26(17(18)27)15-4-8-23-9-5-15/h2-3,12,15,23H,1,4-11,13H2. The summed E-state index contributed by atoms with van der Waals surface area (Å²) in [7, 11) is 0. The number of piperidine rings is 2. The van der Waals surface area contributed by atoms with Crippen molar-refractivity contribution in [3.8, 4) is 0 Å². The summed E-state index contributed by atoms with van der Waals surface area (Å²) in [4.78, 5) is 21.3. The number of aromatic nitrogens is 1. The summed E-state index contributed by atoms with van der Waals surface area (Å²) in [5.74, 6) is 0.751. The molecule has 1 aromatic rings. The van der Waals surface area contributed by atoms with Crippen molar-refractivity contribution in [2.75, 3.05) is 37.6 Å². The number of pyridine rings is 1. The highest BCUT2D eigenvalue weighted by Gasteiger charge is 2.50. The van der Waals surface area contributed by atoms with Gasteiger partial charge in [0.05, 0.1) is 11.0 Å². The summed E-state index contributed by atoms with van der Waals surface area (Å²) in [5, 5.41) is 3.33. The average molecular weight is 382 g/mol. The van der Waals surface area contributed by atoms with Gasteiger partial charge in [0.25, 0.3) is 0 Å². The first-order chi connectivity index (χ1) is 12.9. The normalized spacial score (nSPS) is 27.6. The Bertz CT molecular complexity index is 687. The van der Waals surface area contributed by atoms with Gasteiger partial charge in [-0.1, -0.05) is 0 Å². The van der Waals surface area contributed by atoms with Gasteiger partial charge in [0, 0.05) is 31.9 Å². The van der Waals surface area contributed by atoms with Crippen LogP contribution in [0.1, 0.15) is 37.7 Å². The van der Waals surface area contributed by atoms with Crippen molar-refractivity contribution >= 4 is 11.7 Å². The zero-order valence-corrected chi connectivity index (χ0v) is 15.3. The highest BCUT2D eigenvalue weighted by Crippen LogP contribution is 2.42. The van der Waals surface area contributed by atoms with Gasteiger partial charge in [-0.2, -0.15) is 13.2 Å². The number of rotatable bonds is 2. The molecule has 1 aromatic heterocycles. The number of halogens is 3. The summed E-state index contributed by atoms with van der Waals surface area (Å²) in [6, 6.07) is 2.81. The lowest BCUT2D eigenvalue weighted by Crippen LogP contribution is -2.51. The Morgan fingerprint density at radius 1 is 1.15 bits per heavy atom. The largest absolute Gasteiger partial charge is 0.417 e. The monoisotopic (exact) mass is 382 g/mol. The molecule has 3 aliphatic rings. The van der Waals surface area contributed by atoms with Crippen LogP contribution in [0.3, 0.4) is 0 Å². The second-order valence-electron chi connectivity index (χ2n) is 7.94. The molecular weight excluding hydrogens is 357 g/mol. The summed E-state index contributed by atoms with van der Waals surface area (Å²) in [5.41, 5.74) is -1.15. The summed E-state index contributed by atoms with van der Waals surface area (Å²) in [6.07, 6.45) is 1.02. The Labute approximate surface area is 156 Å². The molecule has 0 bridgehead atoms. The van der Waals surface area contributed by atoms with Crippen LogP contribution in [0.5, 0.6) is 0 Å². The molecule has 4 heterocycles. The average Bonchev–Trinajstić information content (AvgIpc) is 2.98. The van der Waals surface area contributed by atoms with E-state index >= 15 is 0 Å². The molecule has 148 valence electrons. The zero-order chi connectivity index (χ0) is 19.1. The van der Waals surface area contributed by atoms with E-state index in [1.165, 1.54) is 6.07 Å². The quantitative estimate of drug-likeness (QED) is 0.855. The summed E-state index contributed by atoms with van der Waals surface area (Å²) in [6.45, 7) is 3.95. The number of nitrogens with zero attached hydrogens (tertiary/aromatic N) is 3. The molecule has 3 saturated heterocycles. The van der Waals surface area contributed by atoms with E-state index in [0.29, 0.717) is 18.4 Å². The van der Waals surface area contributed by atoms with E-state index in [2.05, 4.69) is 15.2 Å². The molecule has 8 heteroatoms. The Morgan fingerprint density at radius 2 is 1.93 bits per heavy atom. The molecule has 1 unspecified atom stereocenters. The van der Waals surface area contributed by atoms with E-state index in [0.717, 1.165) is 70.5 Å². The van der Waals surface area contributed by atoms with Gasteiger partial charge in [-0.25, -0.2) is 4.98 Å². The minimum Gasteiger partial charge on any atom is -0.356 e. The summed E-state index contributed by atoms with van der Waals surface area (Å²) < 4.78 is 38.3. The van der Waals surface area contributed by atoms with Crippen molar-refractivity contribution in [2.24, 2.45) is 5.41 Å². The van der Waals surface area contributed by atoms with E-state index in [9.17, 15) is 18.0 Å². The highest BCUT2D eigenvalue weighted by atomic mass is 19.4. The molecule has 1 spiro atoms. The molecule has 3 aliphatic heterocycles. The number of carbonyl (C=O) groups excluding carboxylic acids is 1. The first-order valence-electron chi connectivity index (χ1n) is 9.69. The molecule has 3 fully saturated rings. The first-order valence-corrected chi connectivity index (χ1v) is 9.69. The second-order valence-corrected chi connectivity index (χ2v) is 7.94. The molecule has 27 heavy (non-hydrogen) atoms. The topological polar surface area (TPSA) is 48.5 Å². The lowest BCUT2D eigenvalue weighted by molar-refractivity contribution is -0.139. The zero-order valence-electron chi connectivity index (χ0n) is 15.3. The fourth-order valence-electron chi connectivity index (χ4n) is 4.76. The van der Waals surface area contributed by atoms with Crippen LogP contribution in [0.15, 0.2) is 18.3 Å². The van der Waals surface area contributed by atoms with Gasteiger partial charge < -0.3 is 15.1 Å². The van der Waals surface area contributed by atoms with Crippen LogP contribution in [-0.4, -0.2) is 54.6 Å². The lowest BCUT2D eigenvalue weighted by atomic mass is 9.78. The molecule has 0 aliphatic carbocycles. The van der Waals surface area contributed by atoms with Crippen LogP contribution < -0.4 is 10.2 Å². The van der Waals surface area contributed by atoms with Crippen LogP contribution in [0, 0.1) is 5.41 Å². The summed E-state index contributed by atoms with van der Waals surface area (Å²) >= 11 is 0. The van der Waals surface area contributed by atoms with Gasteiger partial charge in [-0.05, 0) is 57.3 Å². The van der Waals surface area contributed by atoms with Gasteiger partial charge in [0.2, 0.25) is 5.91 Å². The van der Waals surface area contributed by atoms with Gasteiger partial charge in [-0.3, -0.25) is 4.79 Å². The maximum Gasteiger partial charge on any atom is 0.417 e. The third kappa shape index (κ3) is 3.51. The van der Waals surface area contributed by atoms with Gasteiger partial charge in [-0.15, -0.1) is 0 Å². The second kappa shape index (κ2) is 6.96. The fraction of sp³-hybridized carbons (Fsp3) is 0.684. The number of amides is 1. The Balaban J connectivity index is 1.48. The number of hydrogen-bond donors (Lipinski definition) is 1. The molecule has 0 aromatic carbocycles. The van der Waals surface area contributed by atoms with Crippen molar-refractivity contribution in [2.45, 2.75) is 44.3 Å². The van der Waals surface area contributed by atoms with Gasteiger partial charge in [0.1, 0.15) is 5.82 Å². The number of alkyl halides is 3. The molecule has 1 atom stereocenters. The predicted molar refractivity (Wildman–Crippen MR) is 95.3 cm³/mol. The van der Waals surface area contributed by atoms with E-state index < -0.39 is 17.2 Å². The molecule has 1 N–H and O–H groups in total. The van der Waals surface area contributed by atoms with Crippen molar-refractivity contribution in [3.63, 3.8) is 0 Å². The molecule has 5 nitrogen and oxygen atoms in total. The minimum absolute atomic E-state index is 0.228. The Morgan fingerprint density at radius 3 is 2.59 bits per heavy atom. The fourth-order valence-corrected chi connectivity index (χ4v) is 4.76. The predicted octanol–water partition coefficient (Wildman–Crippen LogP) is 2.67. The number of likely N-dealkylation sites (tertiary alicyclic amines) is 1. The number of carbonyl (C=O) groups is 1. The third-order valence-electron chi connectivity index (χ3n) is 6.27. The molecule has 0 radical (unpaired) electrons. The number of hydrogen-bond acceptors (Lipinski definition) is 4. The van der Waals surface area contributed by atoms with E-state index in [1.807, 2.05) is 4.90 Å². The van der Waals surface area contributed by atoms with Gasteiger partial charge >= 0.3 is 6.18 Å².